The lowest BCUT2D eigenvalue weighted by atomic mass is 10.2. The number of nitro groups is 1. The van der Waals surface area contributed by atoms with E-state index in [0.717, 1.165) is 24.0 Å². The molecule has 0 radical (unpaired) electrons. The summed E-state index contributed by atoms with van der Waals surface area (Å²) in [6.45, 7) is 6.32. The summed E-state index contributed by atoms with van der Waals surface area (Å²) in [6.07, 6.45) is 1.02. The van der Waals surface area contributed by atoms with Crippen molar-refractivity contribution in [3.05, 3.63) is 32.8 Å². The fourth-order valence-corrected chi connectivity index (χ4v) is 2.72. The lowest BCUT2D eigenvalue weighted by molar-refractivity contribution is -0.384. The second kappa shape index (κ2) is 5.88. The van der Waals surface area contributed by atoms with Crippen molar-refractivity contribution in [3.63, 3.8) is 0 Å². The maximum absolute atomic E-state index is 11.1. The summed E-state index contributed by atoms with van der Waals surface area (Å²) < 4.78 is 0.722. The summed E-state index contributed by atoms with van der Waals surface area (Å²) in [5.74, 6) is 0. The quantitative estimate of drug-likeness (QED) is 0.681. The predicted octanol–water partition coefficient (Wildman–Crippen LogP) is 3.25. The van der Waals surface area contributed by atoms with Gasteiger partial charge in [0.05, 0.1) is 4.92 Å². The van der Waals surface area contributed by atoms with E-state index in [-0.39, 0.29) is 16.7 Å². The summed E-state index contributed by atoms with van der Waals surface area (Å²) in [4.78, 5) is 13.1. The van der Waals surface area contributed by atoms with Gasteiger partial charge in [-0.2, -0.15) is 0 Å². The van der Waals surface area contributed by atoms with Crippen LogP contribution in [-0.4, -0.2) is 35.0 Å². The standard InChI is InChI=1S/C13H18BrN3O2/c1-9(2)16-6-5-11(8-16)15-12-4-3-10(14)7-13(12)17(18)19/h3-4,7,9,11,15H,5-6,8H2,1-2H3. The van der Waals surface area contributed by atoms with E-state index in [0.29, 0.717) is 11.7 Å². The normalized spacial score (nSPS) is 19.9. The Morgan fingerprint density at radius 2 is 2.26 bits per heavy atom. The first-order valence-electron chi connectivity index (χ1n) is 6.42. The van der Waals surface area contributed by atoms with Gasteiger partial charge >= 0.3 is 0 Å². The zero-order chi connectivity index (χ0) is 14.0. The molecule has 0 bridgehead atoms. The molecule has 0 aromatic heterocycles. The monoisotopic (exact) mass is 327 g/mol. The van der Waals surface area contributed by atoms with Gasteiger partial charge in [-0.3, -0.25) is 15.0 Å². The summed E-state index contributed by atoms with van der Waals surface area (Å²) in [6, 6.07) is 5.93. The second-order valence-corrected chi connectivity index (χ2v) is 6.05. The Balaban J connectivity index is 2.10. The number of benzene rings is 1. The molecule has 1 unspecified atom stereocenters. The summed E-state index contributed by atoms with van der Waals surface area (Å²) in [7, 11) is 0. The largest absolute Gasteiger partial charge is 0.375 e. The third kappa shape index (κ3) is 3.45. The summed E-state index contributed by atoms with van der Waals surface area (Å²) in [5.41, 5.74) is 0.723. The second-order valence-electron chi connectivity index (χ2n) is 5.14. The van der Waals surface area contributed by atoms with Gasteiger partial charge in [0.15, 0.2) is 0 Å². The average Bonchev–Trinajstić information content (AvgIpc) is 2.80. The molecule has 0 aliphatic carbocycles. The zero-order valence-electron chi connectivity index (χ0n) is 11.1. The molecule has 0 spiro atoms. The van der Waals surface area contributed by atoms with E-state index >= 15 is 0 Å². The molecule has 104 valence electrons. The molecule has 1 aliphatic rings. The molecule has 5 nitrogen and oxygen atoms in total. The highest BCUT2D eigenvalue weighted by Gasteiger charge is 2.26. The first-order chi connectivity index (χ1) is 8.97. The van der Waals surface area contributed by atoms with Gasteiger partial charge < -0.3 is 5.32 Å². The third-order valence-corrected chi connectivity index (χ3v) is 3.96. The van der Waals surface area contributed by atoms with Gasteiger partial charge in [0.2, 0.25) is 0 Å². The number of nitrogens with zero attached hydrogens (tertiary/aromatic N) is 2. The van der Waals surface area contributed by atoms with Gasteiger partial charge in [0, 0.05) is 35.7 Å². The molecule has 19 heavy (non-hydrogen) atoms. The Bertz CT molecular complexity index is 479. The zero-order valence-corrected chi connectivity index (χ0v) is 12.7. The summed E-state index contributed by atoms with van der Waals surface area (Å²) >= 11 is 3.27. The molecule has 1 aromatic carbocycles. The topological polar surface area (TPSA) is 58.4 Å². The maximum Gasteiger partial charge on any atom is 0.293 e. The number of hydrogen-bond donors (Lipinski definition) is 1. The van der Waals surface area contributed by atoms with E-state index < -0.39 is 0 Å². The first-order valence-corrected chi connectivity index (χ1v) is 7.21. The lowest BCUT2D eigenvalue weighted by Crippen LogP contribution is -2.31. The molecule has 1 atom stereocenters. The van der Waals surface area contributed by atoms with Crippen molar-refractivity contribution < 1.29 is 4.92 Å². The van der Waals surface area contributed by atoms with Crippen molar-refractivity contribution >= 4 is 27.3 Å². The highest BCUT2D eigenvalue weighted by molar-refractivity contribution is 9.10. The Hall–Kier alpha value is -1.14. The van der Waals surface area contributed by atoms with Crippen molar-refractivity contribution in [3.8, 4) is 0 Å². The Kier molecular flexibility index (Phi) is 4.42. The van der Waals surface area contributed by atoms with Gasteiger partial charge in [-0.05, 0) is 32.4 Å². The molecule has 0 saturated carbocycles. The molecule has 1 saturated heterocycles. The van der Waals surface area contributed by atoms with Crippen LogP contribution in [0.25, 0.3) is 0 Å². The van der Waals surface area contributed by atoms with Crippen LogP contribution in [0.3, 0.4) is 0 Å². The number of rotatable bonds is 4. The first kappa shape index (κ1) is 14.3. The fourth-order valence-electron chi connectivity index (χ4n) is 2.37. The molecule has 1 aromatic rings. The number of halogens is 1. The fraction of sp³-hybridized carbons (Fsp3) is 0.538. The van der Waals surface area contributed by atoms with Crippen molar-refractivity contribution in [2.24, 2.45) is 0 Å². The van der Waals surface area contributed by atoms with Crippen molar-refractivity contribution in [2.45, 2.75) is 32.4 Å². The highest BCUT2D eigenvalue weighted by atomic mass is 79.9. The maximum atomic E-state index is 11.1. The van der Waals surface area contributed by atoms with Crippen LogP contribution in [-0.2, 0) is 0 Å². The number of likely N-dealkylation sites (tertiary alicyclic amines) is 1. The predicted molar refractivity (Wildman–Crippen MR) is 79.5 cm³/mol. The minimum atomic E-state index is -0.345. The third-order valence-electron chi connectivity index (χ3n) is 3.47. The molecule has 0 amide bonds. The minimum Gasteiger partial charge on any atom is -0.375 e. The molecule has 1 fully saturated rings. The molecule has 1 heterocycles. The van der Waals surface area contributed by atoms with Crippen LogP contribution >= 0.6 is 15.9 Å². The van der Waals surface area contributed by atoms with Gasteiger partial charge in [0.1, 0.15) is 5.69 Å². The number of hydrogen-bond acceptors (Lipinski definition) is 4. The van der Waals surface area contributed by atoms with E-state index in [9.17, 15) is 10.1 Å². The van der Waals surface area contributed by atoms with E-state index in [1.807, 2.05) is 6.07 Å². The Morgan fingerprint density at radius 3 is 2.84 bits per heavy atom. The molecule has 6 heteroatoms. The van der Waals surface area contributed by atoms with Crippen LogP contribution < -0.4 is 5.32 Å². The van der Waals surface area contributed by atoms with Crippen LogP contribution in [0.2, 0.25) is 0 Å². The van der Waals surface area contributed by atoms with Crippen LogP contribution in [0.5, 0.6) is 0 Å². The van der Waals surface area contributed by atoms with Gasteiger partial charge in [0.25, 0.3) is 5.69 Å². The Morgan fingerprint density at radius 1 is 1.53 bits per heavy atom. The molecule has 2 rings (SSSR count). The van der Waals surface area contributed by atoms with E-state index in [1.54, 1.807) is 6.07 Å². The molecule has 1 aliphatic heterocycles. The number of nitro benzene ring substituents is 1. The van der Waals surface area contributed by atoms with Crippen LogP contribution in [0, 0.1) is 10.1 Å². The van der Waals surface area contributed by atoms with Crippen molar-refractivity contribution in [2.75, 3.05) is 18.4 Å². The highest BCUT2D eigenvalue weighted by Crippen LogP contribution is 2.29. The lowest BCUT2D eigenvalue weighted by Gasteiger charge is -2.20. The SMILES string of the molecule is CC(C)N1CCC(Nc2ccc(Br)cc2[N+](=O)[O-])C1. The number of anilines is 1. The smallest absolute Gasteiger partial charge is 0.293 e. The van der Waals surface area contributed by atoms with Crippen LogP contribution in [0.15, 0.2) is 22.7 Å². The number of nitrogens with one attached hydrogen (secondary N) is 1. The molecule has 1 N–H and O–H groups in total. The van der Waals surface area contributed by atoms with Crippen LogP contribution in [0.1, 0.15) is 20.3 Å². The molecular weight excluding hydrogens is 310 g/mol. The van der Waals surface area contributed by atoms with Crippen molar-refractivity contribution in [1.82, 2.24) is 4.90 Å². The van der Waals surface area contributed by atoms with Crippen molar-refractivity contribution in [1.29, 1.82) is 0 Å². The van der Waals surface area contributed by atoms with Gasteiger partial charge in [-0.15, -0.1) is 0 Å². The van der Waals surface area contributed by atoms with Gasteiger partial charge in [-0.1, -0.05) is 15.9 Å². The van der Waals surface area contributed by atoms with E-state index in [2.05, 4.69) is 40.0 Å². The van der Waals surface area contributed by atoms with E-state index in [4.69, 9.17) is 0 Å². The average molecular weight is 328 g/mol. The van der Waals surface area contributed by atoms with Gasteiger partial charge in [-0.25, -0.2) is 0 Å². The molecular formula is C13H18BrN3O2. The van der Waals surface area contributed by atoms with E-state index in [1.165, 1.54) is 6.07 Å². The van der Waals surface area contributed by atoms with Crippen LogP contribution in [0.4, 0.5) is 11.4 Å². The summed E-state index contributed by atoms with van der Waals surface area (Å²) in [5, 5.41) is 14.4. The minimum absolute atomic E-state index is 0.123. The Labute approximate surface area is 121 Å².